The molecule has 0 bridgehead atoms. The molecule has 2 aliphatic heterocycles. The highest BCUT2D eigenvalue weighted by Gasteiger charge is 2.27. The van der Waals surface area contributed by atoms with Gasteiger partial charge >= 0.3 is 5.97 Å². The molecule has 0 aliphatic carbocycles. The van der Waals surface area contributed by atoms with Crippen molar-refractivity contribution in [3.8, 4) is 0 Å². The SMILES string of the molecule is CC(C)(C)OC(=O)CN1CCC[C@@H](Nc2nnc(Cl)c3c2COC3)C1. The van der Waals surface area contributed by atoms with Gasteiger partial charge in [-0.1, -0.05) is 11.6 Å². The minimum Gasteiger partial charge on any atom is -0.459 e. The molecule has 1 saturated heterocycles. The molecule has 0 amide bonds. The Labute approximate surface area is 153 Å². The normalized spacial score (nSPS) is 21.0. The maximum atomic E-state index is 12.0. The number of carbonyl (C=O) groups is 1. The van der Waals surface area contributed by atoms with Crippen LogP contribution in [0.3, 0.4) is 0 Å². The molecule has 3 heterocycles. The van der Waals surface area contributed by atoms with Crippen LogP contribution in [-0.2, 0) is 27.5 Å². The predicted molar refractivity (Wildman–Crippen MR) is 94.5 cm³/mol. The first-order chi connectivity index (χ1) is 11.8. The Morgan fingerprint density at radius 1 is 1.36 bits per heavy atom. The van der Waals surface area contributed by atoms with E-state index in [1.54, 1.807) is 0 Å². The monoisotopic (exact) mass is 368 g/mol. The van der Waals surface area contributed by atoms with Gasteiger partial charge in [-0.25, -0.2) is 0 Å². The highest BCUT2D eigenvalue weighted by atomic mass is 35.5. The molecule has 2 aliphatic rings. The van der Waals surface area contributed by atoms with Crippen LogP contribution < -0.4 is 5.32 Å². The van der Waals surface area contributed by atoms with E-state index in [4.69, 9.17) is 21.1 Å². The molecule has 1 N–H and O–H groups in total. The van der Waals surface area contributed by atoms with Crippen LogP contribution in [0.5, 0.6) is 0 Å². The lowest BCUT2D eigenvalue weighted by atomic mass is 10.1. The molecule has 25 heavy (non-hydrogen) atoms. The third-order valence-electron chi connectivity index (χ3n) is 4.25. The van der Waals surface area contributed by atoms with Crippen molar-refractivity contribution in [3.05, 3.63) is 16.3 Å². The minimum atomic E-state index is -0.454. The number of ether oxygens (including phenoxy) is 2. The maximum Gasteiger partial charge on any atom is 0.320 e. The van der Waals surface area contributed by atoms with Crippen molar-refractivity contribution in [1.82, 2.24) is 15.1 Å². The lowest BCUT2D eigenvalue weighted by Gasteiger charge is -2.33. The second-order valence-electron chi connectivity index (χ2n) is 7.59. The zero-order chi connectivity index (χ0) is 18.0. The Morgan fingerprint density at radius 2 is 2.12 bits per heavy atom. The fraction of sp³-hybridized carbons (Fsp3) is 0.706. The van der Waals surface area contributed by atoms with Crippen LogP contribution in [0.4, 0.5) is 5.82 Å². The largest absolute Gasteiger partial charge is 0.459 e. The molecule has 7 nitrogen and oxygen atoms in total. The summed E-state index contributed by atoms with van der Waals surface area (Å²) in [6.07, 6.45) is 2.03. The lowest BCUT2D eigenvalue weighted by molar-refractivity contribution is -0.156. The topological polar surface area (TPSA) is 76.6 Å². The molecular weight excluding hydrogens is 344 g/mol. The van der Waals surface area contributed by atoms with Crippen LogP contribution >= 0.6 is 11.6 Å². The number of nitrogens with zero attached hydrogens (tertiary/aromatic N) is 3. The molecule has 0 spiro atoms. The highest BCUT2D eigenvalue weighted by Crippen LogP contribution is 2.30. The molecule has 0 saturated carbocycles. The molecule has 1 aromatic heterocycles. The van der Waals surface area contributed by atoms with E-state index in [9.17, 15) is 4.79 Å². The molecular formula is C17H25ClN4O3. The molecule has 1 aromatic rings. The molecule has 0 aromatic carbocycles. The fourth-order valence-corrected chi connectivity index (χ4v) is 3.43. The van der Waals surface area contributed by atoms with Crippen LogP contribution in [0.15, 0.2) is 0 Å². The maximum absolute atomic E-state index is 12.0. The van der Waals surface area contributed by atoms with E-state index in [1.165, 1.54) is 0 Å². The molecule has 138 valence electrons. The summed E-state index contributed by atoms with van der Waals surface area (Å²) >= 11 is 6.08. The van der Waals surface area contributed by atoms with Crippen molar-refractivity contribution >= 4 is 23.4 Å². The first kappa shape index (κ1) is 18.4. The Balaban J connectivity index is 1.59. The highest BCUT2D eigenvalue weighted by molar-refractivity contribution is 6.30. The van der Waals surface area contributed by atoms with Crippen LogP contribution in [0, 0.1) is 0 Å². The van der Waals surface area contributed by atoms with Crippen molar-refractivity contribution in [3.63, 3.8) is 0 Å². The zero-order valence-corrected chi connectivity index (χ0v) is 15.7. The minimum absolute atomic E-state index is 0.186. The van der Waals surface area contributed by atoms with Gasteiger partial charge in [0.25, 0.3) is 0 Å². The number of fused-ring (bicyclic) bond motifs is 1. The third-order valence-corrected chi connectivity index (χ3v) is 4.55. The van der Waals surface area contributed by atoms with Crippen LogP contribution in [0.25, 0.3) is 0 Å². The van der Waals surface area contributed by atoms with Gasteiger partial charge < -0.3 is 14.8 Å². The van der Waals surface area contributed by atoms with Gasteiger partial charge in [0.15, 0.2) is 11.0 Å². The number of nitrogens with one attached hydrogen (secondary N) is 1. The van der Waals surface area contributed by atoms with Crippen molar-refractivity contribution in [2.45, 2.75) is 58.5 Å². The summed E-state index contributed by atoms with van der Waals surface area (Å²) in [4.78, 5) is 14.2. The van der Waals surface area contributed by atoms with E-state index in [2.05, 4.69) is 20.4 Å². The number of hydrogen-bond donors (Lipinski definition) is 1. The Morgan fingerprint density at radius 3 is 2.88 bits per heavy atom. The van der Waals surface area contributed by atoms with Gasteiger partial charge in [0, 0.05) is 23.7 Å². The van der Waals surface area contributed by atoms with Gasteiger partial charge in [0.1, 0.15) is 5.60 Å². The molecule has 0 unspecified atom stereocenters. The van der Waals surface area contributed by atoms with Crippen LogP contribution in [-0.4, -0.2) is 52.3 Å². The Bertz CT molecular complexity index is 648. The average molecular weight is 369 g/mol. The number of aromatic nitrogens is 2. The van der Waals surface area contributed by atoms with Gasteiger partial charge in [0.2, 0.25) is 0 Å². The van der Waals surface area contributed by atoms with Crippen LogP contribution in [0.1, 0.15) is 44.7 Å². The summed E-state index contributed by atoms with van der Waals surface area (Å²) < 4.78 is 10.9. The average Bonchev–Trinajstić information content (AvgIpc) is 2.99. The van der Waals surface area contributed by atoms with Gasteiger partial charge in [-0.05, 0) is 40.2 Å². The summed E-state index contributed by atoms with van der Waals surface area (Å²) in [5.74, 6) is 0.551. The van der Waals surface area contributed by atoms with Crippen molar-refractivity contribution < 1.29 is 14.3 Å². The van der Waals surface area contributed by atoms with E-state index in [1.807, 2.05) is 20.8 Å². The summed E-state index contributed by atoms with van der Waals surface area (Å²) in [5, 5.41) is 12.1. The standard InChI is InChI=1S/C17H25ClN4O3/c1-17(2,3)25-14(23)8-22-6-4-5-11(7-22)19-16-13-10-24-9-12(13)15(18)20-21-16/h11H,4-10H2,1-3H3,(H,19,21)/t11-/m1/s1. The van der Waals surface area contributed by atoms with E-state index >= 15 is 0 Å². The molecule has 1 fully saturated rings. The van der Waals surface area contributed by atoms with Crippen molar-refractivity contribution in [2.24, 2.45) is 0 Å². The molecule has 0 radical (unpaired) electrons. The van der Waals surface area contributed by atoms with Crippen molar-refractivity contribution in [1.29, 1.82) is 0 Å². The Kier molecular flexibility index (Phi) is 5.46. The van der Waals surface area contributed by atoms with Gasteiger partial charge in [0.05, 0.1) is 19.8 Å². The summed E-state index contributed by atoms with van der Waals surface area (Å²) in [6, 6.07) is 0.205. The number of rotatable bonds is 4. The predicted octanol–water partition coefficient (Wildman–Crippen LogP) is 2.38. The van der Waals surface area contributed by atoms with Gasteiger partial charge in [-0.3, -0.25) is 9.69 Å². The van der Waals surface area contributed by atoms with Crippen LogP contribution in [0.2, 0.25) is 5.15 Å². The first-order valence-corrected chi connectivity index (χ1v) is 9.02. The number of likely N-dealkylation sites (tertiary alicyclic amines) is 1. The van der Waals surface area contributed by atoms with Gasteiger partial charge in [-0.2, -0.15) is 0 Å². The number of halogens is 1. The second kappa shape index (κ2) is 7.43. The summed E-state index contributed by atoms with van der Waals surface area (Å²) in [7, 11) is 0. The van der Waals surface area contributed by atoms with E-state index in [0.717, 1.165) is 42.9 Å². The fourth-order valence-electron chi connectivity index (χ4n) is 3.22. The van der Waals surface area contributed by atoms with E-state index in [-0.39, 0.29) is 12.0 Å². The smallest absolute Gasteiger partial charge is 0.320 e. The summed E-state index contributed by atoms with van der Waals surface area (Å²) in [6.45, 7) is 8.59. The molecule has 8 heteroatoms. The van der Waals surface area contributed by atoms with Gasteiger partial charge in [-0.15, -0.1) is 10.2 Å². The number of hydrogen-bond acceptors (Lipinski definition) is 7. The lowest BCUT2D eigenvalue weighted by Crippen LogP contribution is -2.45. The quantitative estimate of drug-likeness (QED) is 0.817. The Hall–Kier alpha value is -1.44. The van der Waals surface area contributed by atoms with Crippen molar-refractivity contribution in [2.75, 3.05) is 25.0 Å². The summed E-state index contributed by atoms with van der Waals surface area (Å²) in [5.41, 5.74) is 1.45. The third kappa shape index (κ3) is 4.80. The molecule has 1 atom stereocenters. The molecule has 3 rings (SSSR count). The number of anilines is 1. The zero-order valence-electron chi connectivity index (χ0n) is 15.0. The number of carbonyl (C=O) groups excluding carboxylic acids is 1. The van der Waals surface area contributed by atoms with E-state index < -0.39 is 5.60 Å². The van der Waals surface area contributed by atoms with E-state index in [0.29, 0.717) is 24.9 Å². The number of esters is 1. The second-order valence-corrected chi connectivity index (χ2v) is 7.95. The number of piperidine rings is 1. The first-order valence-electron chi connectivity index (χ1n) is 8.64.